The largest absolute Gasteiger partial charge is 0.447 e. The molecule has 1 aromatic rings. The number of benzene rings is 1. The van der Waals surface area contributed by atoms with Gasteiger partial charge in [-0.2, -0.15) is 5.26 Å². The summed E-state index contributed by atoms with van der Waals surface area (Å²) in [5.74, 6) is -0.793. The minimum Gasteiger partial charge on any atom is -0.447 e. The summed E-state index contributed by atoms with van der Waals surface area (Å²) < 4.78 is 37.1. The molecular weight excluding hydrogens is 344 g/mol. The average Bonchev–Trinajstić information content (AvgIpc) is 3.04. The number of carbonyl (C=O) groups is 1. The number of nitrogens with one attached hydrogen (secondary N) is 1. The van der Waals surface area contributed by atoms with E-state index >= 15 is 0 Å². The molecule has 1 aromatic carbocycles. The zero-order chi connectivity index (χ0) is 16.9. The van der Waals surface area contributed by atoms with Crippen molar-refractivity contribution >= 4 is 27.6 Å². The van der Waals surface area contributed by atoms with Crippen molar-refractivity contribution in [2.45, 2.75) is 23.8 Å². The van der Waals surface area contributed by atoms with Gasteiger partial charge in [-0.3, -0.25) is 0 Å². The van der Waals surface area contributed by atoms with Gasteiger partial charge in [0.1, 0.15) is 11.0 Å². The van der Waals surface area contributed by atoms with E-state index in [1.165, 1.54) is 12.1 Å². The van der Waals surface area contributed by atoms with Gasteiger partial charge in [0.2, 0.25) is 10.0 Å². The summed E-state index contributed by atoms with van der Waals surface area (Å²) in [4.78, 5) is 11.5. The Bertz CT molecular complexity index is 723. The van der Waals surface area contributed by atoms with Crippen LogP contribution in [0.1, 0.15) is 23.2 Å². The highest BCUT2D eigenvalue weighted by molar-refractivity contribution is 7.89. The van der Waals surface area contributed by atoms with Crippen molar-refractivity contribution < 1.29 is 22.7 Å². The molecule has 1 aliphatic rings. The lowest BCUT2D eigenvalue weighted by molar-refractivity contribution is 0.0554. The topological polar surface area (TPSA) is 105 Å². The Balaban J connectivity index is 2.16. The average molecular weight is 359 g/mol. The van der Waals surface area contributed by atoms with Gasteiger partial charge in [-0.1, -0.05) is 11.6 Å². The Morgan fingerprint density at radius 2 is 2.30 bits per heavy atom. The van der Waals surface area contributed by atoms with Gasteiger partial charge in [-0.05, 0) is 31.0 Å². The SMILES string of the molecule is N#CCOC(=O)c1ccc(Cl)c(S(=O)(=O)NCC2CCCO2)c1. The van der Waals surface area contributed by atoms with Gasteiger partial charge in [0.25, 0.3) is 0 Å². The monoisotopic (exact) mass is 358 g/mol. The zero-order valence-corrected chi connectivity index (χ0v) is 13.7. The standard InChI is InChI=1S/C14H15ClN2O5S/c15-12-4-3-10(14(18)22-7-5-16)8-13(12)23(19,20)17-9-11-2-1-6-21-11/h3-4,8,11,17H,1-2,6-7,9H2. The van der Waals surface area contributed by atoms with Crippen LogP contribution < -0.4 is 4.72 Å². The van der Waals surface area contributed by atoms with Gasteiger partial charge < -0.3 is 9.47 Å². The third-order valence-electron chi connectivity index (χ3n) is 3.25. The first kappa shape index (κ1) is 17.7. The molecule has 0 spiro atoms. The second-order valence-corrected chi connectivity index (χ2v) is 7.01. The number of nitrogens with zero attached hydrogens (tertiary/aromatic N) is 1. The number of nitriles is 1. The summed E-state index contributed by atoms with van der Waals surface area (Å²) in [6.07, 6.45) is 1.52. The second kappa shape index (κ2) is 7.75. The normalized spacial score (nSPS) is 17.7. The van der Waals surface area contributed by atoms with Crippen LogP contribution in [0.25, 0.3) is 0 Å². The number of halogens is 1. The van der Waals surface area contributed by atoms with E-state index in [9.17, 15) is 13.2 Å². The highest BCUT2D eigenvalue weighted by Gasteiger charge is 2.23. The molecule has 0 radical (unpaired) electrons. The highest BCUT2D eigenvalue weighted by atomic mass is 35.5. The summed E-state index contributed by atoms with van der Waals surface area (Å²) in [5.41, 5.74) is 0.00198. The molecular formula is C14H15ClN2O5S. The van der Waals surface area contributed by atoms with Crippen molar-refractivity contribution in [1.29, 1.82) is 5.26 Å². The fourth-order valence-corrected chi connectivity index (χ4v) is 3.69. The lowest BCUT2D eigenvalue weighted by Crippen LogP contribution is -2.32. The molecule has 0 aromatic heterocycles. The lowest BCUT2D eigenvalue weighted by atomic mass is 10.2. The van der Waals surface area contributed by atoms with Crippen molar-refractivity contribution in [3.8, 4) is 6.07 Å². The summed E-state index contributed by atoms with van der Waals surface area (Å²) >= 11 is 5.93. The number of carbonyl (C=O) groups excluding carboxylic acids is 1. The maximum absolute atomic E-state index is 12.3. The molecule has 1 N–H and O–H groups in total. The zero-order valence-electron chi connectivity index (χ0n) is 12.1. The molecule has 0 aliphatic carbocycles. The molecule has 2 rings (SSSR count). The van der Waals surface area contributed by atoms with Gasteiger partial charge in [-0.25, -0.2) is 17.9 Å². The van der Waals surface area contributed by atoms with Crippen molar-refractivity contribution in [3.05, 3.63) is 28.8 Å². The lowest BCUT2D eigenvalue weighted by Gasteiger charge is -2.13. The van der Waals surface area contributed by atoms with Gasteiger partial charge in [0.05, 0.1) is 16.7 Å². The van der Waals surface area contributed by atoms with Crippen LogP contribution in [0, 0.1) is 11.3 Å². The Morgan fingerprint density at radius 3 is 2.96 bits per heavy atom. The second-order valence-electron chi connectivity index (χ2n) is 4.87. The van der Waals surface area contributed by atoms with Gasteiger partial charge in [0, 0.05) is 13.2 Å². The van der Waals surface area contributed by atoms with Crippen LogP contribution in [0.4, 0.5) is 0 Å². The van der Waals surface area contributed by atoms with Crippen molar-refractivity contribution in [1.82, 2.24) is 4.72 Å². The van der Waals surface area contributed by atoms with E-state index in [0.717, 1.165) is 18.9 Å². The third-order valence-corrected chi connectivity index (χ3v) is 5.15. The molecule has 0 saturated carbocycles. The summed E-state index contributed by atoms with van der Waals surface area (Å²) in [5, 5.41) is 8.39. The predicted octanol–water partition coefficient (Wildman–Crippen LogP) is 1.48. The Kier molecular flexibility index (Phi) is 5.96. The molecule has 7 nitrogen and oxygen atoms in total. The summed E-state index contributed by atoms with van der Waals surface area (Å²) in [6, 6.07) is 5.42. The van der Waals surface area contributed by atoms with Gasteiger partial charge in [-0.15, -0.1) is 0 Å². The molecule has 23 heavy (non-hydrogen) atoms. The van der Waals surface area contributed by atoms with Crippen LogP contribution in [0.15, 0.2) is 23.1 Å². The molecule has 0 bridgehead atoms. The minimum absolute atomic E-state index is 0.00198. The fourth-order valence-electron chi connectivity index (χ4n) is 2.10. The van der Waals surface area contributed by atoms with Crippen LogP contribution in [0.2, 0.25) is 5.02 Å². The number of ether oxygens (including phenoxy) is 2. The number of rotatable bonds is 6. The number of sulfonamides is 1. The molecule has 124 valence electrons. The molecule has 1 atom stereocenters. The Hall–Kier alpha value is -1.66. The smallest absolute Gasteiger partial charge is 0.339 e. The molecule has 1 aliphatic heterocycles. The molecule has 1 saturated heterocycles. The summed E-state index contributed by atoms with van der Waals surface area (Å²) in [7, 11) is -3.89. The number of hydrogen-bond donors (Lipinski definition) is 1. The Labute approximate surface area is 139 Å². The first-order chi connectivity index (χ1) is 10.9. The van der Waals surface area contributed by atoms with Gasteiger partial charge >= 0.3 is 5.97 Å². The number of hydrogen-bond acceptors (Lipinski definition) is 6. The van der Waals surface area contributed by atoms with Crippen molar-refractivity contribution in [3.63, 3.8) is 0 Å². The quantitative estimate of drug-likeness (QED) is 0.772. The van der Waals surface area contributed by atoms with E-state index in [0.29, 0.717) is 6.61 Å². The van der Waals surface area contributed by atoms with Crippen LogP contribution in [0.3, 0.4) is 0 Å². The van der Waals surface area contributed by atoms with E-state index < -0.39 is 22.6 Å². The third kappa shape index (κ3) is 4.65. The van der Waals surface area contributed by atoms with Crippen LogP contribution in [-0.2, 0) is 19.5 Å². The molecule has 1 heterocycles. The highest BCUT2D eigenvalue weighted by Crippen LogP contribution is 2.23. The van der Waals surface area contributed by atoms with Crippen LogP contribution >= 0.6 is 11.6 Å². The minimum atomic E-state index is -3.89. The van der Waals surface area contributed by atoms with E-state index in [-0.39, 0.29) is 28.1 Å². The molecule has 1 unspecified atom stereocenters. The van der Waals surface area contributed by atoms with Crippen molar-refractivity contribution in [2.75, 3.05) is 19.8 Å². The molecule has 1 fully saturated rings. The maximum Gasteiger partial charge on any atom is 0.339 e. The molecule has 0 amide bonds. The first-order valence-electron chi connectivity index (χ1n) is 6.89. The predicted molar refractivity (Wildman–Crippen MR) is 81.5 cm³/mol. The van der Waals surface area contributed by atoms with E-state index in [1.807, 2.05) is 0 Å². The van der Waals surface area contributed by atoms with Crippen molar-refractivity contribution in [2.24, 2.45) is 0 Å². The van der Waals surface area contributed by atoms with E-state index in [1.54, 1.807) is 6.07 Å². The van der Waals surface area contributed by atoms with E-state index in [4.69, 9.17) is 21.6 Å². The first-order valence-corrected chi connectivity index (χ1v) is 8.75. The Morgan fingerprint density at radius 1 is 1.52 bits per heavy atom. The van der Waals surface area contributed by atoms with Crippen LogP contribution in [0.5, 0.6) is 0 Å². The van der Waals surface area contributed by atoms with E-state index in [2.05, 4.69) is 9.46 Å². The number of esters is 1. The van der Waals surface area contributed by atoms with Gasteiger partial charge in [0.15, 0.2) is 6.61 Å². The maximum atomic E-state index is 12.3. The summed E-state index contributed by atoms with van der Waals surface area (Å²) in [6.45, 7) is 0.343. The molecule has 9 heteroatoms. The fraction of sp³-hybridized carbons (Fsp3) is 0.429. The van der Waals surface area contributed by atoms with Crippen LogP contribution in [-0.4, -0.2) is 40.2 Å².